The summed E-state index contributed by atoms with van der Waals surface area (Å²) in [5.41, 5.74) is 0. The molecule has 0 aromatic carbocycles. The maximum atomic E-state index is 11.9. The molecule has 0 saturated heterocycles. The van der Waals surface area contributed by atoms with Crippen LogP contribution in [0, 0.1) is 0 Å². The van der Waals surface area contributed by atoms with Gasteiger partial charge in [0.05, 0.1) is 5.75 Å². The molecule has 5 heteroatoms. The molecule has 0 aliphatic heterocycles. The monoisotopic (exact) mass is 283 g/mol. The molecule has 0 aromatic heterocycles. The van der Waals surface area contributed by atoms with Crippen molar-refractivity contribution in [2.75, 3.05) is 17.6 Å². The van der Waals surface area contributed by atoms with Crippen LogP contribution in [0.2, 0.25) is 0 Å². The Hall–Kier alpha value is 0.390. The summed E-state index contributed by atoms with van der Waals surface area (Å²) in [6.45, 7) is 2.64. The maximum absolute atomic E-state index is 11.9. The number of alkyl halides is 1. The first-order valence-electron chi connectivity index (χ1n) is 5.17. The molecule has 84 valence electrons. The third-order valence-electron chi connectivity index (χ3n) is 2.37. The molecule has 1 saturated carbocycles. The quantitative estimate of drug-likeness (QED) is 0.670. The fraction of sp³-hybridized carbons (Fsp3) is 1.00. The van der Waals surface area contributed by atoms with Gasteiger partial charge in [0.25, 0.3) is 0 Å². The summed E-state index contributed by atoms with van der Waals surface area (Å²) in [4.78, 5) is 0. The Bertz CT molecular complexity index is 262. The van der Waals surface area contributed by atoms with E-state index in [9.17, 15) is 8.42 Å². The number of nitrogens with zero attached hydrogens (tertiary/aromatic N) is 1. The topological polar surface area (TPSA) is 37.4 Å². The molecular formula is C9H18BrNO2S. The SMILES string of the molecule is CCCCS(=O)(=O)N(CCBr)C1CC1. The van der Waals surface area contributed by atoms with Gasteiger partial charge in [-0.05, 0) is 19.3 Å². The second kappa shape index (κ2) is 5.47. The molecule has 0 N–H and O–H groups in total. The molecule has 1 fully saturated rings. The highest BCUT2D eigenvalue weighted by atomic mass is 79.9. The van der Waals surface area contributed by atoms with Crippen LogP contribution in [0.3, 0.4) is 0 Å². The van der Waals surface area contributed by atoms with Crippen LogP contribution < -0.4 is 0 Å². The van der Waals surface area contributed by atoms with Gasteiger partial charge < -0.3 is 0 Å². The van der Waals surface area contributed by atoms with E-state index in [-0.39, 0.29) is 0 Å². The van der Waals surface area contributed by atoms with Gasteiger partial charge in [0.2, 0.25) is 10.0 Å². The van der Waals surface area contributed by atoms with E-state index in [1.807, 2.05) is 6.92 Å². The standard InChI is InChI=1S/C9H18BrNO2S/c1-2-3-8-14(12,13)11(7-6-10)9-4-5-9/h9H,2-8H2,1H3. The minimum Gasteiger partial charge on any atom is -0.212 e. The van der Waals surface area contributed by atoms with Crippen molar-refractivity contribution in [2.24, 2.45) is 0 Å². The van der Waals surface area contributed by atoms with Gasteiger partial charge in [0.1, 0.15) is 0 Å². The van der Waals surface area contributed by atoms with E-state index < -0.39 is 10.0 Å². The number of rotatable bonds is 7. The smallest absolute Gasteiger partial charge is 0.212 e. The molecule has 1 aliphatic rings. The normalized spacial score (nSPS) is 17.6. The molecule has 0 aromatic rings. The van der Waals surface area contributed by atoms with Crippen molar-refractivity contribution in [3.63, 3.8) is 0 Å². The molecular weight excluding hydrogens is 266 g/mol. The zero-order valence-corrected chi connectivity index (χ0v) is 11.0. The lowest BCUT2D eigenvalue weighted by Gasteiger charge is -2.20. The summed E-state index contributed by atoms with van der Waals surface area (Å²) in [6, 6.07) is 0.300. The third kappa shape index (κ3) is 3.51. The van der Waals surface area contributed by atoms with Crippen molar-refractivity contribution >= 4 is 26.0 Å². The van der Waals surface area contributed by atoms with E-state index in [0.717, 1.165) is 31.0 Å². The first-order valence-corrected chi connectivity index (χ1v) is 7.90. The van der Waals surface area contributed by atoms with Crippen LogP contribution in [0.4, 0.5) is 0 Å². The second-order valence-corrected chi connectivity index (χ2v) is 6.53. The van der Waals surface area contributed by atoms with Crippen LogP contribution in [0.5, 0.6) is 0 Å². The van der Waals surface area contributed by atoms with Crippen LogP contribution in [0.15, 0.2) is 0 Å². The van der Waals surface area contributed by atoms with Gasteiger partial charge in [-0.25, -0.2) is 8.42 Å². The number of hydrogen-bond donors (Lipinski definition) is 0. The third-order valence-corrected chi connectivity index (χ3v) is 4.73. The zero-order chi connectivity index (χ0) is 10.6. The van der Waals surface area contributed by atoms with Gasteiger partial charge >= 0.3 is 0 Å². The predicted molar refractivity (Wildman–Crippen MR) is 62.2 cm³/mol. The Kier molecular flexibility index (Phi) is 4.87. The van der Waals surface area contributed by atoms with E-state index in [4.69, 9.17) is 0 Å². The van der Waals surface area contributed by atoms with Gasteiger partial charge in [-0.2, -0.15) is 4.31 Å². The minimum absolute atomic E-state index is 0.300. The number of unbranched alkanes of at least 4 members (excludes halogenated alkanes) is 1. The van der Waals surface area contributed by atoms with Crippen molar-refractivity contribution in [1.82, 2.24) is 4.31 Å². The highest BCUT2D eigenvalue weighted by molar-refractivity contribution is 9.09. The largest absolute Gasteiger partial charge is 0.214 e. The average molecular weight is 284 g/mol. The van der Waals surface area contributed by atoms with Gasteiger partial charge in [0, 0.05) is 17.9 Å². The molecule has 0 amide bonds. The fourth-order valence-corrected chi connectivity index (χ4v) is 3.98. The first kappa shape index (κ1) is 12.5. The Morgan fingerprint density at radius 2 is 2.07 bits per heavy atom. The molecule has 14 heavy (non-hydrogen) atoms. The van der Waals surface area contributed by atoms with Gasteiger partial charge in [0.15, 0.2) is 0 Å². The molecule has 3 nitrogen and oxygen atoms in total. The van der Waals surface area contributed by atoms with E-state index in [1.54, 1.807) is 4.31 Å². The van der Waals surface area contributed by atoms with Crippen LogP contribution in [0.1, 0.15) is 32.6 Å². The van der Waals surface area contributed by atoms with Crippen molar-refractivity contribution in [3.05, 3.63) is 0 Å². The van der Waals surface area contributed by atoms with Crippen LogP contribution >= 0.6 is 15.9 Å². The molecule has 0 atom stereocenters. The van der Waals surface area contributed by atoms with Crippen molar-refractivity contribution in [2.45, 2.75) is 38.6 Å². The van der Waals surface area contributed by atoms with E-state index in [1.165, 1.54) is 0 Å². The zero-order valence-electron chi connectivity index (χ0n) is 8.58. The number of halogens is 1. The Balaban J connectivity index is 2.55. The highest BCUT2D eigenvalue weighted by Crippen LogP contribution is 2.29. The lowest BCUT2D eigenvalue weighted by atomic mass is 10.4. The lowest BCUT2D eigenvalue weighted by molar-refractivity contribution is 0.423. The van der Waals surface area contributed by atoms with Gasteiger partial charge in [-0.1, -0.05) is 29.3 Å². The molecule has 0 bridgehead atoms. The highest BCUT2D eigenvalue weighted by Gasteiger charge is 2.35. The van der Waals surface area contributed by atoms with Gasteiger partial charge in [-0.15, -0.1) is 0 Å². The van der Waals surface area contributed by atoms with E-state index in [0.29, 0.717) is 18.3 Å². The number of hydrogen-bond acceptors (Lipinski definition) is 2. The molecule has 0 radical (unpaired) electrons. The Morgan fingerprint density at radius 1 is 1.43 bits per heavy atom. The summed E-state index contributed by atoms with van der Waals surface area (Å²) in [6.07, 6.45) is 3.79. The van der Waals surface area contributed by atoms with Crippen LogP contribution in [0.25, 0.3) is 0 Å². The predicted octanol–water partition coefficient (Wildman–Crippen LogP) is 1.98. The summed E-state index contributed by atoms with van der Waals surface area (Å²) in [5, 5.41) is 0.731. The van der Waals surface area contributed by atoms with Crippen LogP contribution in [-0.4, -0.2) is 36.4 Å². The van der Waals surface area contributed by atoms with Gasteiger partial charge in [-0.3, -0.25) is 0 Å². The Morgan fingerprint density at radius 3 is 2.50 bits per heavy atom. The minimum atomic E-state index is -2.98. The molecule has 0 unspecified atom stereocenters. The van der Waals surface area contributed by atoms with E-state index in [2.05, 4.69) is 15.9 Å². The summed E-state index contributed by atoms with van der Waals surface area (Å²) < 4.78 is 25.4. The second-order valence-electron chi connectivity index (χ2n) is 3.70. The first-order chi connectivity index (χ1) is 6.61. The number of sulfonamides is 1. The van der Waals surface area contributed by atoms with Crippen molar-refractivity contribution < 1.29 is 8.42 Å². The Labute approximate surface area is 95.0 Å². The fourth-order valence-electron chi connectivity index (χ4n) is 1.44. The maximum Gasteiger partial charge on any atom is 0.214 e. The van der Waals surface area contributed by atoms with Crippen molar-refractivity contribution in [3.8, 4) is 0 Å². The molecule has 0 heterocycles. The van der Waals surface area contributed by atoms with E-state index >= 15 is 0 Å². The molecule has 0 spiro atoms. The average Bonchev–Trinajstić information content (AvgIpc) is 2.94. The molecule has 1 aliphatic carbocycles. The summed E-state index contributed by atoms with van der Waals surface area (Å²) >= 11 is 3.30. The summed E-state index contributed by atoms with van der Waals surface area (Å²) in [5.74, 6) is 0.312. The van der Waals surface area contributed by atoms with Crippen LogP contribution in [-0.2, 0) is 10.0 Å². The summed E-state index contributed by atoms with van der Waals surface area (Å²) in [7, 11) is -2.98. The van der Waals surface area contributed by atoms with Crippen molar-refractivity contribution in [1.29, 1.82) is 0 Å². The lowest BCUT2D eigenvalue weighted by Crippen LogP contribution is -2.36. The molecule has 1 rings (SSSR count).